The summed E-state index contributed by atoms with van der Waals surface area (Å²) < 4.78 is 5.37. The molecule has 2 atom stereocenters. The highest BCUT2D eigenvalue weighted by Crippen LogP contribution is 2.32. The van der Waals surface area contributed by atoms with Crippen molar-refractivity contribution in [2.75, 3.05) is 13.1 Å². The normalized spacial score (nSPS) is 24.0. The molecule has 2 unspecified atom stereocenters. The maximum Gasteiger partial charge on any atom is 0.410 e. The van der Waals surface area contributed by atoms with Crippen molar-refractivity contribution in [1.82, 2.24) is 14.9 Å². The van der Waals surface area contributed by atoms with Gasteiger partial charge in [-0.05, 0) is 33.6 Å². The number of carbonyl (C=O) groups excluding carboxylic acids is 1. The van der Waals surface area contributed by atoms with Gasteiger partial charge in [-0.2, -0.15) is 0 Å². The average Bonchev–Trinajstić information content (AvgIpc) is 2.45. The van der Waals surface area contributed by atoms with E-state index in [1.54, 1.807) is 12.4 Å². The van der Waals surface area contributed by atoms with E-state index in [9.17, 15) is 9.90 Å². The first kappa shape index (κ1) is 16.6. The quantitative estimate of drug-likeness (QED) is 0.852. The molecule has 2 rings (SSSR count). The second-order valence-corrected chi connectivity index (χ2v) is 6.76. The van der Waals surface area contributed by atoms with Gasteiger partial charge >= 0.3 is 6.09 Å². The topological polar surface area (TPSA) is 102 Å². The van der Waals surface area contributed by atoms with Crippen LogP contribution in [0, 0.1) is 0 Å². The lowest BCUT2D eigenvalue weighted by Gasteiger charge is -2.42. The Hall–Kier alpha value is -1.73. The molecule has 2 heterocycles. The first-order valence-corrected chi connectivity index (χ1v) is 7.42. The molecule has 0 bridgehead atoms. The molecule has 1 fully saturated rings. The van der Waals surface area contributed by atoms with Gasteiger partial charge in [0.05, 0.1) is 12.6 Å². The van der Waals surface area contributed by atoms with Crippen LogP contribution < -0.4 is 5.73 Å². The molecule has 0 radical (unpaired) electrons. The maximum absolute atomic E-state index is 12.2. The summed E-state index contributed by atoms with van der Waals surface area (Å²) in [5.41, 5.74) is 5.06. The predicted molar refractivity (Wildman–Crippen MR) is 81.0 cm³/mol. The Morgan fingerprint density at radius 2 is 2.09 bits per heavy atom. The number of likely N-dealkylation sites (tertiary alicyclic amines) is 1. The number of rotatable bonds is 2. The molecule has 0 aromatic carbocycles. The van der Waals surface area contributed by atoms with Crippen LogP contribution in [0.5, 0.6) is 0 Å². The van der Waals surface area contributed by atoms with E-state index in [2.05, 4.69) is 9.97 Å². The number of nitrogens with two attached hydrogens (primary N) is 1. The molecule has 1 saturated heterocycles. The molecule has 7 nitrogen and oxygen atoms in total. The molecular weight excluding hydrogens is 284 g/mol. The molecule has 1 aliphatic heterocycles. The summed E-state index contributed by atoms with van der Waals surface area (Å²) >= 11 is 0. The van der Waals surface area contributed by atoms with Gasteiger partial charge in [0.15, 0.2) is 0 Å². The largest absolute Gasteiger partial charge is 0.444 e. The number of hydrogen-bond donors (Lipinski definition) is 2. The molecule has 0 saturated carbocycles. The van der Waals surface area contributed by atoms with E-state index >= 15 is 0 Å². The fraction of sp³-hybridized carbons (Fsp3) is 0.667. The van der Waals surface area contributed by atoms with E-state index in [1.807, 2.05) is 20.8 Å². The molecule has 1 aromatic heterocycles. The van der Waals surface area contributed by atoms with Crippen molar-refractivity contribution in [2.45, 2.75) is 50.9 Å². The van der Waals surface area contributed by atoms with Crippen molar-refractivity contribution >= 4 is 6.09 Å². The van der Waals surface area contributed by atoms with Crippen molar-refractivity contribution in [1.29, 1.82) is 0 Å². The van der Waals surface area contributed by atoms with E-state index in [0.29, 0.717) is 24.9 Å². The molecule has 1 amide bonds. The van der Waals surface area contributed by atoms with E-state index in [1.165, 1.54) is 11.2 Å². The zero-order valence-corrected chi connectivity index (χ0v) is 13.3. The number of aliphatic hydroxyl groups is 1. The van der Waals surface area contributed by atoms with Gasteiger partial charge < -0.3 is 20.5 Å². The monoisotopic (exact) mass is 308 g/mol. The second kappa shape index (κ2) is 6.18. The van der Waals surface area contributed by atoms with Crippen molar-refractivity contribution in [3.8, 4) is 0 Å². The van der Waals surface area contributed by atoms with Crippen LogP contribution in [0.4, 0.5) is 4.79 Å². The van der Waals surface area contributed by atoms with E-state index in [4.69, 9.17) is 10.5 Å². The molecule has 22 heavy (non-hydrogen) atoms. The lowest BCUT2D eigenvalue weighted by atomic mass is 9.83. The Morgan fingerprint density at radius 1 is 1.45 bits per heavy atom. The van der Waals surface area contributed by atoms with Crippen LogP contribution in [0.2, 0.25) is 0 Å². The highest BCUT2D eigenvalue weighted by atomic mass is 16.6. The Morgan fingerprint density at radius 3 is 2.68 bits per heavy atom. The Balaban J connectivity index is 2.10. The number of aromatic nitrogens is 2. The first-order valence-electron chi connectivity index (χ1n) is 7.42. The second-order valence-electron chi connectivity index (χ2n) is 6.76. The number of ether oxygens (including phenoxy) is 1. The van der Waals surface area contributed by atoms with Gasteiger partial charge in [0, 0.05) is 24.5 Å². The van der Waals surface area contributed by atoms with E-state index in [0.717, 1.165) is 0 Å². The highest BCUT2D eigenvalue weighted by molar-refractivity contribution is 5.68. The Kier molecular flexibility index (Phi) is 4.67. The van der Waals surface area contributed by atoms with Crippen molar-refractivity contribution in [3.63, 3.8) is 0 Å². The predicted octanol–water partition coefficient (Wildman–Crippen LogP) is 1.24. The molecule has 1 aliphatic rings. The average molecular weight is 308 g/mol. The van der Waals surface area contributed by atoms with Gasteiger partial charge in [-0.3, -0.25) is 0 Å². The van der Waals surface area contributed by atoms with E-state index < -0.39 is 23.3 Å². The summed E-state index contributed by atoms with van der Waals surface area (Å²) in [6.45, 7) is 6.13. The van der Waals surface area contributed by atoms with Gasteiger partial charge in [-0.1, -0.05) is 0 Å². The minimum atomic E-state index is -1.21. The molecular formula is C15H24N4O3. The zero-order valence-electron chi connectivity index (χ0n) is 13.3. The van der Waals surface area contributed by atoms with E-state index in [-0.39, 0.29) is 6.54 Å². The number of amides is 1. The van der Waals surface area contributed by atoms with Crippen molar-refractivity contribution in [3.05, 3.63) is 24.3 Å². The minimum Gasteiger partial charge on any atom is -0.444 e. The fourth-order valence-electron chi connectivity index (χ4n) is 2.58. The van der Waals surface area contributed by atoms with Gasteiger partial charge in [-0.25, -0.2) is 14.8 Å². The van der Waals surface area contributed by atoms with Crippen molar-refractivity contribution < 1.29 is 14.6 Å². The van der Waals surface area contributed by atoms with Crippen LogP contribution in [0.1, 0.15) is 45.2 Å². The molecule has 0 spiro atoms. The SMILES string of the molecule is CC(C)(C)OC(=O)N1CCCC(O)(C(N)c2cncnc2)C1. The number of hydrogen-bond acceptors (Lipinski definition) is 6. The summed E-state index contributed by atoms with van der Waals surface area (Å²) in [4.78, 5) is 21.6. The molecule has 122 valence electrons. The number of carbonyl (C=O) groups is 1. The number of nitrogens with zero attached hydrogens (tertiary/aromatic N) is 3. The fourth-order valence-corrected chi connectivity index (χ4v) is 2.58. The van der Waals surface area contributed by atoms with Gasteiger partial charge in [0.2, 0.25) is 0 Å². The van der Waals surface area contributed by atoms with Crippen molar-refractivity contribution in [2.24, 2.45) is 5.73 Å². The highest BCUT2D eigenvalue weighted by Gasteiger charge is 2.42. The van der Waals surface area contributed by atoms with Crippen LogP contribution in [0.25, 0.3) is 0 Å². The third-order valence-corrected chi connectivity index (χ3v) is 3.67. The third kappa shape index (κ3) is 3.92. The molecule has 1 aromatic rings. The van der Waals surface area contributed by atoms with Crippen LogP contribution >= 0.6 is 0 Å². The summed E-state index contributed by atoms with van der Waals surface area (Å²) in [5.74, 6) is 0. The van der Waals surface area contributed by atoms with Crippen LogP contribution in [-0.4, -0.2) is 50.4 Å². The number of piperidine rings is 1. The Bertz CT molecular complexity index is 517. The molecule has 0 aliphatic carbocycles. The smallest absolute Gasteiger partial charge is 0.410 e. The lowest BCUT2D eigenvalue weighted by molar-refractivity contribution is -0.0576. The van der Waals surface area contributed by atoms with Gasteiger partial charge in [0.25, 0.3) is 0 Å². The summed E-state index contributed by atoms with van der Waals surface area (Å²) in [5, 5.41) is 10.9. The zero-order chi connectivity index (χ0) is 16.4. The third-order valence-electron chi connectivity index (χ3n) is 3.67. The summed E-state index contributed by atoms with van der Waals surface area (Å²) in [6.07, 6.45) is 5.33. The standard InChI is InChI=1S/C15H24N4O3/c1-14(2,3)22-13(20)19-6-4-5-15(21,9-19)12(16)11-7-17-10-18-8-11/h7-8,10,12,21H,4-6,9,16H2,1-3H3. The summed E-state index contributed by atoms with van der Waals surface area (Å²) in [7, 11) is 0. The first-order chi connectivity index (χ1) is 10.2. The Labute approximate surface area is 130 Å². The van der Waals surface area contributed by atoms with Gasteiger partial charge in [0.1, 0.15) is 17.5 Å². The number of β-amino-alcohol motifs (C(OH)–C–C–N with tert-alkyl or cyclic N) is 1. The minimum absolute atomic E-state index is 0.137. The van der Waals surface area contributed by atoms with Crippen LogP contribution in [0.15, 0.2) is 18.7 Å². The van der Waals surface area contributed by atoms with Gasteiger partial charge in [-0.15, -0.1) is 0 Å². The van der Waals surface area contributed by atoms with Crippen LogP contribution in [0.3, 0.4) is 0 Å². The maximum atomic E-state index is 12.2. The lowest BCUT2D eigenvalue weighted by Crippen LogP contribution is -2.56. The van der Waals surface area contributed by atoms with Crippen LogP contribution in [-0.2, 0) is 4.74 Å². The molecule has 7 heteroatoms. The summed E-state index contributed by atoms with van der Waals surface area (Å²) in [6, 6.07) is -0.654. The molecule has 3 N–H and O–H groups in total.